The molecule has 0 saturated carbocycles. The smallest absolute Gasteiger partial charge is 0.0883 e. The maximum absolute atomic E-state index is 4.46. The molecule has 1 aliphatic heterocycles. The van der Waals surface area contributed by atoms with Crippen LogP contribution in [0.3, 0.4) is 0 Å². The number of hydrogen-bond acceptors (Lipinski definition) is 2. The van der Waals surface area contributed by atoms with Crippen LogP contribution in [0.1, 0.15) is 26.0 Å². The predicted molar refractivity (Wildman–Crippen MR) is 59.8 cm³/mol. The van der Waals surface area contributed by atoms with Crippen molar-refractivity contribution in [3.8, 4) is 0 Å². The number of allylic oxidation sites excluding steroid dienone is 1. The van der Waals surface area contributed by atoms with Gasteiger partial charge in [0.2, 0.25) is 0 Å². The van der Waals surface area contributed by atoms with Crippen LogP contribution < -0.4 is 0 Å². The monoisotopic (exact) mass is 186 g/mol. The summed E-state index contributed by atoms with van der Waals surface area (Å²) in [6, 6.07) is 3.91. The van der Waals surface area contributed by atoms with E-state index in [-0.39, 0.29) is 5.41 Å². The molecule has 2 heterocycles. The number of hydrogen-bond donors (Lipinski definition) is 0. The van der Waals surface area contributed by atoms with Crippen LogP contribution in [0.25, 0.3) is 6.08 Å². The molecule has 1 aromatic rings. The number of rotatable bonds is 1. The lowest BCUT2D eigenvalue weighted by atomic mass is 9.89. The Labute approximate surface area is 84.4 Å². The fraction of sp³-hybridized carbons (Fsp3) is 0.333. The van der Waals surface area contributed by atoms with Crippen molar-refractivity contribution in [1.29, 1.82) is 0 Å². The summed E-state index contributed by atoms with van der Waals surface area (Å²) in [5.41, 5.74) is 1.99. The van der Waals surface area contributed by atoms with E-state index in [9.17, 15) is 0 Å². The molecule has 72 valence electrons. The standard InChI is InChI=1S/C12H14N2/c1-3-12(2)7-6-11-10(14-9-12)5-4-8-13-11/h4-9H,3H2,1-2H3. The summed E-state index contributed by atoms with van der Waals surface area (Å²) in [5.74, 6) is 0. The van der Waals surface area contributed by atoms with Crippen molar-refractivity contribution in [3.05, 3.63) is 30.1 Å². The zero-order valence-corrected chi connectivity index (χ0v) is 8.57. The van der Waals surface area contributed by atoms with Crippen LogP contribution >= 0.6 is 0 Å². The van der Waals surface area contributed by atoms with Crippen LogP contribution in [0, 0.1) is 5.41 Å². The third kappa shape index (κ3) is 1.60. The zero-order valence-electron chi connectivity index (χ0n) is 8.57. The van der Waals surface area contributed by atoms with Crippen molar-refractivity contribution in [3.63, 3.8) is 0 Å². The van der Waals surface area contributed by atoms with Gasteiger partial charge in [-0.3, -0.25) is 9.98 Å². The van der Waals surface area contributed by atoms with E-state index in [1.54, 1.807) is 6.20 Å². The van der Waals surface area contributed by atoms with Crippen molar-refractivity contribution >= 4 is 18.0 Å². The highest BCUT2D eigenvalue weighted by Gasteiger charge is 2.17. The van der Waals surface area contributed by atoms with Crippen molar-refractivity contribution < 1.29 is 0 Å². The van der Waals surface area contributed by atoms with E-state index in [0.717, 1.165) is 17.8 Å². The van der Waals surface area contributed by atoms with Gasteiger partial charge in [0.05, 0.1) is 11.4 Å². The number of nitrogens with zero attached hydrogens (tertiary/aromatic N) is 2. The Bertz CT molecular complexity index is 358. The van der Waals surface area contributed by atoms with Crippen molar-refractivity contribution in [2.75, 3.05) is 0 Å². The summed E-state index contributed by atoms with van der Waals surface area (Å²) in [6.45, 7) is 4.35. The Kier molecular flexibility index (Phi) is 2.20. The summed E-state index contributed by atoms with van der Waals surface area (Å²) in [7, 11) is 0. The first kappa shape index (κ1) is 9.13. The first-order valence-corrected chi connectivity index (χ1v) is 4.93. The van der Waals surface area contributed by atoms with Gasteiger partial charge in [0.1, 0.15) is 0 Å². The quantitative estimate of drug-likeness (QED) is 0.661. The molecule has 2 rings (SSSR count). The van der Waals surface area contributed by atoms with E-state index in [4.69, 9.17) is 0 Å². The lowest BCUT2D eigenvalue weighted by Gasteiger charge is -2.16. The van der Waals surface area contributed by atoms with E-state index >= 15 is 0 Å². The van der Waals surface area contributed by atoms with Crippen molar-refractivity contribution in [2.24, 2.45) is 10.4 Å². The van der Waals surface area contributed by atoms with Gasteiger partial charge in [0.25, 0.3) is 0 Å². The van der Waals surface area contributed by atoms with E-state index in [0.29, 0.717) is 0 Å². The number of pyridine rings is 1. The summed E-state index contributed by atoms with van der Waals surface area (Å²) in [5, 5.41) is 0. The Hall–Kier alpha value is -1.44. The van der Waals surface area contributed by atoms with Gasteiger partial charge in [-0.05, 0) is 24.6 Å². The highest BCUT2D eigenvalue weighted by molar-refractivity contribution is 5.78. The van der Waals surface area contributed by atoms with Gasteiger partial charge >= 0.3 is 0 Å². The molecular weight excluding hydrogens is 172 g/mol. The summed E-state index contributed by atoms with van der Waals surface area (Å²) >= 11 is 0. The molecule has 0 fully saturated rings. The lowest BCUT2D eigenvalue weighted by molar-refractivity contribution is 0.590. The predicted octanol–water partition coefficient (Wildman–Crippen LogP) is 3.23. The van der Waals surface area contributed by atoms with Gasteiger partial charge in [-0.15, -0.1) is 0 Å². The van der Waals surface area contributed by atoms with Crippen LogP contribution in [-0.2, 0) is 0 Å². The fourth-order valence-corrected chi connectivity index (χ4v) is 1.39. The van der Waals surface area contributed by atoms with E-state index < -0.39 is 0 Å². The second kappa shape index (κ2) is 3.37. The van der Waals surface area contributed by atoms with Gasteiger partial charge < -0.3 is 0 Å². The molecule has 0 aromatic carbocycles. The SMILES string of the molecule is CCC1(C)C=Cc2ncccc2N=C1. The molecule has 0 N–H and O–H groups in total. The zero-order chi connectivity index (χ0) is 10.0. The number of fused-ring (bicyclic) bond motifs is 1. The number of aliphatic imine (C=N–C) groups is 1. The first-order chi connectivity index (χ1) is 6.73. The molecule has 0 amide bonds. The summed E-state index contributed by atoms with van der Waals surface area (Å²) < 4.78 is 0. The second-order valence-corrected chi connectivity index (χ2v) is 3.86. The van der Waals surface area contributed by atoms with Crippen molar-refractivity contribution in [1.82, 2.24) is 4.98 Å². The summed E-state index contributed by atoms with van der Waals surface area (Å²) in [4.78, 5) is 8.74. The van der Waals surface area contributed by atoms with Gasteiger partial charge in [-0.1, -0.05) is 19.9 Å². The molecule has 2 heteroatoms. The maximum Gasteiger partial charge on any atom is 0.0883 e. The molecule has 0 spiro atoms. The Morgan fingerprint density at radius 2 is 2.29 bits per heavy atom. The second-order valence-electron chi connectivity index (χ2n) is 3.86. The van der Waals surface area contributed by atoms with Crippen LogP contribution in [0.15, 0.2) is 29.4 Å². The van der Waals surface area contributed by atoms with Crippen LogP contribution in [0.5, 0.6) is 0 Å². The maximum atomic E-state index is 4.46. The normalized spacial score (nSPS) is 24.4. The highest BCUT2D eigenvalue weighted by atomic mass is 14.8. The third-order valence-corrected chi connectivity index (χ3v) is 2.70. The molecule has 1 aliphatic rings. The molecule has 0 aliphatic carbocycles. The minimum atomic E-state index is 0.0701. The lowest BCUT2D eigenvalue weighted by Crippen LogP contribution is -2.12. The Balaban J connectivity index is 2.47. The highest BCUT2D eigenvalue weighted by Crippen LogP contribution is 2.28. The topological polar surface area (TPSA) is 25.2 Å². The van der Waals surface area contributed by atoms with Crippen LogP contribution in [0.4, 0.5) is 5.69 Å². The van der Waals surface area contributed by atoms with Gasteiger partial charge in [-0.2, -0.15) is 0 Å². The van der Waals surface area contributed by atoms with Crippen molar-refractivity contribution in [2.45, 2.75) is 20.3 Å². The summed E-state index contributed by atoms with van der Waals surface area (Å²) in [6.07, 6.45) is 9.10. The molecule has 14 heavy (non-hydrogen) atoms. The average molecular weight is 186 g/mol. The third-order valence-electron chi connectivity index (χ3n) is 2.70. The minimum absolute atomic E-state index is 0.0701. The Morgan fingerprint density at radius 1 is 1.43 bits per heavy atom. The molecular formula is C12H14N2. The molecule has 1 aromatic heterocycles. The van der Waals surface area contributed by atoms with Gasteiger partial charge in [-0.25, -0.2) is 0 Å². The largest absolute Gasteiger partial charge is 0.258 e. The van der Waals surface area contributed by atoms with Gasteiger partial charge in [0.15, 0.2) is 0 Å². The average Bonchev–Trinajstić information content (AvgIpc) is 2.40. The molecule has 1 atom stereocenters. The van der Waals surface area contributed by atoms with E-state index in [1.807, 2.05) is 18.3 Å². The van der Waals surface area contributed by atoms with Crippen LogP contribution in [-0.4, -0.2) is 11.2 Å². The first-order valence-electron chi connectivity index (χ1n) is 4.93. The minimum Gasteiger partial charge on any atom is -0.258 e. The molecule has 0 radical (unpaired) electrons. The molecule has 2 nitrogen and oxygen atoms in total. The molecule has 0 saturated heterocycles. The number of aromatic nitrogens is 1. The van der Waals surface area contributed by atoms with E-state index in [1.165, 1.54) is 0 Å². The Morgan fingerprint density at radius 3 is 3.07 bits per heavy atom. The molecule has 0 bridgehead atoms. The van der Waals surface area contributed by atoms with Gasteiger partial charge in [0, 0.05) is 17.8 Å². The fourth-order valence-electron chi connectivity index (χ4n) is 1.39. The molecule has 1 unspecified atom stereocenters. The van der Waals surface area contributed by atoms with E-state index in [2.05, 4.69) is 36.0 Å². The van der Waals surface area contributed by atoms with Crippen LogP contribution in [0.2, 0.25) is 0 Å².